The molecule has 0 bridgehead atoms. The number of nitrogens with one attached hydrogen (secondary N) is 2. The van der Waals surface area contributed by atoms with Crippen molar-refractivity contribution in [3.63, 3.8) is 0 Å². The fourth-order valence-electron chi connectivity index (χ4n) is 0. The zero-order valence-corrected chi connectivity index (χ0v) is 2.34. The molecule has 3 heteroatoms. The van der Waals surface area contributed by atoms with Gasteiger partial charge in [0.15, 0.2) is 1.41 Å². The molecule has 0 saturated carbocycles. The summed E-state index contributed by atoms with van der Waals surface area (Å²) in [6.07, 6.45) is 0. The van der Waals surface area contributed by atoms with Crippen molar-refractivity contribution in [1.29, 1.82) is 5.52 Å². The first-order chi connectivity index (χ1) is 2.77. The van der Waals surface area contributed by atoms with Crippen molar-refractivity contribution < 1.29 is 2.82 Å². The molecule has 4 heavy (non-hydrogen) atoms. The van der Waals surface area contributed by atoms with Crippen molar-refractivity contribution in [3.8, 4) is 0 Å². The van der Waals surface area contributed by atoms with Crippen molar-refractivity contribution in [1.82, 2.24) is 5.42 Å². The Morgan fingerprint density at radius 2 is 3.50 bits per heavy atom. The topological polar surface area (TPSA) is 48.2 Å². The summed E-state index contributed by atoms with van der Waals surface area (Å²) >= 11 is 0. The van der Waals surface area contributed by atoms with Crippen LogP contribution in [0.15, 0.2) is 5.22 Å². The zero-order valence-electron chi connectivity index (χ0n) is 4.34. The lowest BCUT2D eigenvalue weighted by molar-refractivity contribution is 0.783. The summed E-state index contributed by atoms with van der Waals surface area (Å²) in [4.78, 5) is 0. The molecule has 0 aliphatic heterocycles. The average molecular weight is 61.1 g/mol. The summed E-state index contributed by atoms with van der Waals surface area (Å²) in [5.74, 6) is 0. The van der Waals surface area contributed by atoms with Crippen LogP contribution in [-0.4, -0.2) is 7.05 Å². The van der Waals surface area contributed by atoms with Crippen LogP contribution in [0.25, 0.3) is 0 Å². The fourth-order valence-corrected chi connectivity index (χ4v) is 0. The second-order valence-electron chi connectivity index (χ2n) is 0.289. The maximum Gasteiger partial charge on any atom is 0.215 e. The summed E-state index contributed by atoms with van der Waals surface area (Å²) in [5.41, 5.74) is 3.25. The largest absolute Gasteiger partial charge is 0.295 e. The van der Waals surface area contributed by atoms with Crippen molar-refractivity contribution in [2.24, 2.45) is 5.22 Å². The molecule has 0 unspecified atom stereocenters. The van der Waals surface area contributed by atoms with Crippen LogP contribution in [0.2, 0.25) is 2.82 Å². The quantitative estimate of drug-likeness (QED) is 0.329. The van der Waals surface area contributed by atoms with Gasteiger partial charge in [-0.25, -0.2) is 0 Å². The summed E-state index contributed by atoms with van der Waals surface area (Å²) in [5, 5.41) is 2.92. The average Bonchev–Trinajstić information content (AvgIpc) is 1.35. The molecule has 2 N–H and O–H groups in total. The van der Waals surface area contributed by atoms with Crippen LogP contribution in [0.1, 0.15) is 0 Å². The van der Waals surface area contributed by atoms with E-state index in [4.69, 9.17) is 2.82 Å². The highest BCUT2D eigenvalue weighted by atomic mass is 15.3. The van der Waals surface area contributed by atoms with Crippen molar-refractivity contribution in [2.45, 2.75) is 0 Å². The van der Waals surface area contributed by atoms with E-state index in [2.05, 4.69) is 10.7 Å². The summed E-state index contributed by atoms with van der Waals surface area (Å²) in [6.45, 7) is 0. The van der Waals surface area contributed by atoms with E-state index in [0.29, 0.717) is 5.42 Å². The van der Waals surface area contributed by atoms with Gasteiger partial charge in [0.2, 0.25) is 1.41 Å². The molecule has 0 rings (SSSR count). The molecule has 0 saturated heterocycles. The van der Waals surface area contributed by atoms with Gasteiger partial charge >= 0.3 is 0 Å². The lowest BCUT2D eigenvalue weighted by atomic mass is 11.5. The van der Waals surface area contributed by atoms with Gasteiger partial charge in [-0.2, -0.15) is 5.52 Å². The molecule has 24 valence electrons. The predicted molar refractivity (Wildman–Crippen MR) is 14.2 cm³/mol. The van der Waals surface area contributed by atoms with Gasteiger partial charge in [0.05, 0.1) is 0 Å². The van der Waals surface area contributed by atoms with E-state index in [1.807, 2.05) is 0 Å². The maximum atomic E-state index is 6.43. The molecule has 0 fully saturated rings. The van der Waals surface area contributed by atoms with Gasteiger partial charge in [-0.15, -0.1) is 0 Å². The lowest BCUT2D eigenvalue weighted by Crippen LogP contribution is -1.87. The number of hydrogen-bond acceptors (Lipinski definition) is 2. The molecule has 0 aliphatic carbocycles. The molecule has 0 spiro atoms. The SMILES string of the molecule is [2H]/N=N/N([2H])C. The molecule has 0 atom stereocenters. The Hall–Kier alpha value is -0.600. The first-order valence-electron chi connectivity index (χ1n) is 1.74. The van der Waals surface area contributed by atoms with E-state index in [1.54, 1.807) is 0 Å². The molecule has 0 aliphatic rings. The second-order valence-corrected chi connectivity index (χ2v) is 0.289. The highest BCUT2D eigenvalue weighted by Gasteiger charge is 1.36. The van der Waals surface area contributed by atoms with E-state index in [9.17, 15) is 0 Å². The summed E-state index contributed by atoms with van der Waals surface area (Å²) in [7, 11) is 1.37. The standard InChI is InChI=1S/CH5N3/c1-3-4-2/h1H3,(H2,2,3)/i/hD2. The van der Waals surface area contributed by atoms with E-state index in [0.717, 1.165) is 0 Å². The second kappa shape index (κ2) is 2.40. The summed E-state index contributed by atoms with van der Waals surface area (Å²) in [6, 6.07) is 0. The fraction of sp³-hybridized carbons (Fsp3) is 1.00. The highest BCUT2D eigenvalue weighted by Crippen LogP contribution is 1.32. The number of hydrogen-bond donors (Lipinski definition) is 2. The van der Waals surface area contributed by atoms with Crippen LogP contribution < -0.4 is 5.42 Å². The van der Waals surface area contributed by atoms with Crippen LogP contribution in [0.5, 0.6) is 0 Å². The lowest BCUT2D eigenvalue weighted by Gasteiger charge is -1.68. The van der Waals surface area contributed by atoms with E-state index in [-0.39, 0.29) is 0 Å². The zero-order chi connectivity index (χ0) is 4.99. The third kappa shape index (κ3) is 1.40. The Bertz CT molecular complexity index is 50.8. The van der Waals surface area contributed by atoms with Crippen LogP contribution in [-0.2, 0) is 0 Å². The third-order valence-electron chi connectivity index (χ3n) is 0.0894. The van der Waals surface area contributed by atoms with Gasteiger partial charge in [-0.3, -0.25) is 5.42 Å². The molecule has 0 heterocycles. The van der Waals surface area contributed by atoms with Gasteiger partial charge < -0.3 is 0 Å². The van der Waals surface area contributed by atoms with Crippen LogP contribution >= 0.6 is 0 Å². The Balaban J connectivity index is 3.03. The summed E-state index contributed by atoms with van der Waals surface area (Å²) < 4.78 is 12.5. The first kappa shape index (κ1) is 1.01. The Kier molecular flexibility index (Phi) is 0.607. The molecule has 0 amide bonds. The normalized spacial score (nSPS) is 15.2. The Morgan fingerprint density at radius 3 is 3.50 bits per heavy atom. The minimum atomic E-state index is 0.701. The molecule has 0 radical (unpaired) electrons. The van der Waals surface area contributed by atoms with E-state index >= 15 is 0 Å². The van der Waals surface area contributed by atoms with Gasteiger partial charge in [-0.05, 0) is 0 Å². The van der Waals surface area contributed by atoms with Crippen LogP contribution in [0, 0.1) is 5.52 Å². The van der Waals surface area contributed by atoms with E-state index < -0.39 is 0 Å². The highest BCUT2D eigenvalue weighted by molar-refractivity contribution is 3.88. The maximum absolute atomic E-state index is 6.43. The predicted octanol–water partition coefficient (Wildman–Crippen LogP) is 0.152. The number of nitrogens with zero attached hydrogens (tertiary/aromatic N) is 1. The van der Waals surface area contributed by atoms with Crippen LogP contribution in [0.3, 0.4) is 0 Å². The van der Waals surface area contributed by atoms with Gasteiger partial charge in [0.1, 0.15) is 0 Å². The molecular formula is CH5N3. The van der Waals surface area contributed by atoms with Gasteiger partial charge in [0, 0.05) is 7.05 Å². The van der Waals surface area contributed by atoms with Gasteiger partial charge in [0.25, 0.3) is 0 Å². The van der Waals surface area contributed by atoms with E-state index in [1.165, 1.54) is 7.05 Å². The Morgan fingerprint density at radius 1 is 2.75 bits per heavy atom. The number of rotatable bonds is 1. The molecular weight excluding hydrogens is 54.0 g/mol. The molecule has 0 aromatic rings. The molecule has 0 aromatic heterocycles. The van der Waals surface area contributed by atoms with Crippen molar-refractivity contribution in [2.75, 3.05) is 7.05 Å². The minimum Gasteiger partial charge on any atom is -0.295 e. The van der Waals surface area contributed by atoms with Crippen molar-refractivity contribution >= 4 is 0 Å². The molecule has 3 nitrogen and oxygen atoms in total. The minimum absolute atomic E-state index is 0.701. The third-order valence-corrected chi connectivity index (χ3v) is 0.0894. The molecule has 0 aromatic carbocycles. The monoisotopic (exact) mass is 61.1 g/mol. The van der Waals surface area contributed by atoms with Gasteiger partial charge in [-0.1, -0.05) is 5.22 Å². The van der Waals surface area contributed by atoms with Crippen LogP contribution in [0.4, 0.5) is 0 Å². The first-order valence-corrected chi connectivity index (χ1v) is 0.847. The Labute approximate surface area is 27.4 Å². The van der Waals surface area contributed by atoms with Crippen molar-refractivity contribution in [3.05, 3.63) is 0 Å². The smallest absolute Gasteiger partial charge is 0.215 e.